The fourth-order valence-corrected chi connectivity index (χ4v) is 3.98. The lowest BCUT2D eigenvalue weighted by atomic mass is 10.1. The molecule has 3 aromatic carbocycles. The average molecular weight is 522 g/mol. The highest BCUT2D eigenvalue weighted by atomic mass is 35.5. The molecule has 0 saturated carbocycles. The second kappa shape index (κ2) is 10.6. The number of hydrogen-bond acceptors (Lipinski definition) is 5. The van der Waals surface area contributed by atoms with Crippen molar-refractivity contribution in [3.8, 4) is 5.69 Å². The minimum atomic E-state index is -0.813. The lowest BCUT2D eigenvalue weighted by Gasteiger charge is -2.10. The molecule has 1 amide bonds. The molecule has 0 radical (unpaired) electrons. The Hall–Kier alpha value is -4.14. The quantitative estimate of drug-likeness (QED) is 0.173. The van der Waals surface area contributed by atoms with Crippen molar-refractivity contribution >= 4 is 46.2 Å². The highest BCUT2D eigenvalue weighted by molar-refractivity contribution is 6.40. The number of para-hydroxylation sites is 2. The molecule has 1 aromatic heterocycles. The molecule has 0 aliphatic carbocycles. The highest BCUT2D eigenvalue weighted by Gasteiger charge is 2.21. The van der Waals surface area contributed by atoms with Crippen molar-refractivity contribution in [3.05, 3.63) is 116 Å². The summed E-state index contributed by atoms with van der Waals surface area (Å²) < 4.78 is 3.07. The van der Waals surface area contributed by atoms with Crippen LogP contribution in [0.25, 0.3) is 11.4 Å². The number of hydrogen-bond donors (Lipinski definition) is 2. The van der Waals surface area contributed by atoms with Gasteiger partial charge in [-0.1, -0.05) is 77.8 Å². The van der Waals surface area contributed by atoms with Crippen LogP contribution in [0.15, 0.2) is 99.6 Å². The van der Waals surface area contributed by atoms with Gasteiger partial charge in [0.1, 0.15) is 0 Å². The normalized spacial score (nSPS) is 12.0. The van der Waals surface area contributed by atoms with E-state index in [1.807, 2.05) is 18.2 Å². The first-order valence-electron chi connectivity index (χ1n) is 10.8. The smallest absolute Gasteiger partial charge is 0.299 e. The fraction of sp³-hybridized carbons (Fsp3) is 0.0769. The van der Waals surface area contributed by atoms with E-state index >= 15 is 0 Å². The number of benzene rings is 3. The molecule has 36 heavy (non-hydrogen) atoms. The number of anilines is 1. The molecule has 0 bridgehead atoms. The van der Waals surface area contributed by atoms with Crippen LogP contribution < -0.4 is 10.9 Å². The van der Waals surface area contributed by atoms with E-state index < -0.39 is 22.9 Å². The fourth-order valence-electron chi connectivity index (χ4n) is 3.49. The number of nitrogens with zero attached hydrogens (tertiary/aromatic N) is 4. The molecule has 2 N–H and O–H groups in total. The monoisotopic (exact) mass is 521 g/mol. The van der Waals surface area contributed by atoms with Gasteiger partial charge in [-0.15, -0.1) is 10.2 Å². The molecular formula is C26H21Cl2N5O3. The number of amides is 1. The molecule has 0 spiro atoms. The van der Waals surface area contributed by atoms with Gasteiger partial charge in [-0.2, -0.15) is 0 Å². The molecule has 4 aromatic rings. The molecule has 0 unspecified atom stereocenters. The lowest BCUT2D eigenvalue weighted by Crippen LogP contribution is -2.19. The van der Waals surface area contributed by atoms with Crippen LogP contribution in [-0.2, 0) is 11.8 Å². The minimum Gasteiger partial charge on any atom is -0.505 e. The van der Waals surface area contributed by atoms with Gasteiger partial charge in [0.2, 0.25) is 0 Å². The molecule has 0 fully saturated rings. The Morgan fingerprint density at radius 1 is 0.917 bits per heavy atom. The summed E-state index contributed by atoms with van der Waals surface area (Å²) in [7, 11) is 1.72. The predicted octanol–water partition coefficient (Wildman–Crippen LogP) is 6.44. The molecule has 0 aliphatic rings. The van der Waals surface area contributed by atoms with Gasteiger partial charge in [0.15, 0.2) is 17.1 Å². The summed E-state index contributed by atoms with van der Waals surface area (Å²) in [6, 6.07) is 22.2. The van der Waals surface area contributed by atoms with E-state index in [1.165, 1.54) is 4.68 Å². The summed E-state index contributed by atoms with van der Waals surface area (Å²) >= 11 is 12.4. The van der Waals surface area contributed by atoms with E-state index in [9.17, 15) is 14.7 Å². The van der Waals surface area contributed by atoms with Gasteiger partial charge < -0.3 is 10.4 Å². The number of carbonyl (C=O) groups is 1. The van der Waals surface area contributed by atoms with Crippen molar-refractivity contribution in [2.45, 2.75) is 6.92 Å². The maximum absolute atomic E-state index is 13.2. The zero-order valence-corrected chi connectivity index (χ0v) is 20.8. The lowest BCUT2D eigenvalue weighted by molar-refractivity contribution is -0.112. The summed E-state index contributed by atoms with van der Waals surface area (Å²) in [6.45, 7) is 1.71. The zero-order chi connectivity index (χ0) is 25.8. The minimum absolute atomic E-state index is 0.0169. The summed E-state index contributed by atoms with van der Waals surface area (Å²) in [4.78, 5) is 26.4. The number of nitrogens with one attached hydrogen (secondary N) is 1. The average Bonchev–Trinajstić information content (AvgIpc) is 3.10. The SMILES string of the molecule is Cc1c(N=N/C(C(=O)Nc2c(Cl)cccc2Cl)=C(/O)c2ccccc2)c(=O)n(-c2ccccc2)n1C. The predicted molar refractivity (Wildman–Crippen MR) is 141 cm³/mol. The molecule has 0 atom stereocenters. The van der Waals surface area contributed by atoms with Crippen molar-refractivity contribution in [1.82, 2.24) is 9.36 Å². The van der Waals surface area contributed by atoms with E-state index in [0.717, 1.165) is 0 Å². The Labute approximate surface area is 216 Å². The van der Waals surface area contributed by atoms with Crippen molar-refractivity contribution in [1.29, 1.82) is 0 Å². The van der Waals surface area contributed by atoms with Crippen LogP contribution in [0.1, 0.15) is 11.3 Å². The van der Waals surface area contributed by atoms with Crippen LogP contribution in [0.5, 0.6) is 0 Å². The number of aromatic nitrogens is 2. The summed E-state index contributed by atoms with van der Waals surface area (Å²) in [6.07, 6.45) is 0. The molecular weight excluding hydrogens is 501 g/mol. The van der Waals surface area contributed by atoms with Gasteiger partial charge >= 0.3 is 0 Å². The number of rotatable bonds is 6. The number of aliphatic hydroxyl groups excluding tert-OH is 1. The van der Waals surface area contributed by atoms with Gasteiger partial charge in [0.25, 0.3) is 11.5 Å². The van der Waals surface area contributed by atoms with Gasteiger partial charge in [-0.05, 0) is 31.2 Å². The van der Waals surface area contributed by atoms with E-state index in [1.54, 1.807) is 79.3 Å². The van der Waals surface area contributed by atoms with Gasteiger partial charge in [0.05, 0.1) is 27.1 Å². The number of carbonyl (C=O) groups excluding carboxylic acids is 1. The third-order valence-corrected chi connectivity index (χ3v) is 6.09. The molecule has 8 nitrogen and oxygen atoms in total. The van der Waals surface area contributed by atoms with E-state index in [0.29, 0.717) is 16.9 Å². The van der Waals surface area contributed by atoms with Crippen LogP contribution >= 0.6 is 23.2 Å². The molecule has 1 heterocycles. The second-order valence-electron chi connectivity index (χ2n) is 7.72. The summed E-state index contributed by atoms with van der Waals surface area (Å²) in [5.74, 6) is -1.25. The molecule has 182 valence electrons. The number of aliphatic hydroxyl groups is 1. The Morgan fingerprint density at radius 2 is 1.50 bits per heavy atom. The summed E-state index contributed by atoms with van der Waals surface area (Å²) in [5, 5.41) is 22.0. The van der Waals surface area contributed by atoms with Gasteiger partial charge in [-0.25, -0.2) is 4.68 Å². The van der Waals surface area contributed by atoms with E-state index in [4.69, 9.17) is 23.2 Å². The maximum Gasteiger partial charge on any atom is 0.299 e. The van der Waals surface area contributed by atoms with Crippen LogP contribution in [0.3, 0.4) is 0 Å². The first-order chi connectivity index (χ1) is 17.3. The standard InChI is InChI=1S/C26H21Cl2N5O3/c1-16-21(26(36)33(32(16)2)18-12-7-4-8-13-18)30-31-23(24(34)17-10-5-3-6-11-17)25(35)29-22-19(27)14-9-15-20(22)28/h3-15,34H,1-2H3,(H,29,35)/b24-23+,31-30?. The number of azo groups is 1. The van der Waals surface area contributed by atoms with Crippen molar-refractivity contribution in [3.63, 3.8) is 0 Å². The molecule has 0 saturated heterocycles. The molecule has 0 aliphatic heterocycles. The van der Waals surface area contributed by atoms with Crippen molar-refractivity contribution in [2.24, 2.45) is 17.3 Å². The second-order valence-corrected chi connectivity index (χ2v) is 8.54. The zero-order valence-electron chi connectivity index (χ0n) is 19.3. The Kier molecular flexibility index (Phi) is 7.38. The third kappa shape index (κ3) is 4.95. The van der Waals surface area contributed by atoms with Gasteiger partial charge in [0, 0.05) is 12.6 Å². The first-order valence-corrected chi connectivity index (χ1v) is 11.5. The van der Waals surface area contributed by atoms with Gasteiger partial charge in [-0.3, -0.25) is 14.3 Å². The van der Waals surface area contributed by atoms with E-state index in [-0.39, 0.29) is 21.4 Å². The largest absolute Gasteiger partial charge is 0.505 e. The van der Waals surface area contributed by atoms with Crippen molar-refractivity contribution in [2.75, 3.05) is 5.32 Å². The molecule has 4 rings (SSSR count). The highest BCUT2D eigenvalue weighted by Crippen LogP contribution is 2.31. The van der Waals surface area contributed by atoms with Crippen LogP contribution in [0.2, 0.25) is 10.0 Å². The molecule has 10 heteroatoms. The maximum atomic E-state index is 13.2. The topological polar surface area (TPSA) is 101 Å². The Balaban J connectivity index is 1.80. The Bertz CT molecular complexity index is 1520. The van der Waals surface area contributed by atoms with Crippen molar-refractivity contribution < 1.29 is 9.90 Å². The van der Waals surface area contributed by atoms with Crippen LogP contribution in [-0.4, -0.2) is 20.4 Å². The Morgan fingerprint density at radius 3 is 2.11 bits per heavy atom. The van der Waals surface area contributed by atoms with Crippen LogP contribution in [0.4, 0.5) is 11.4 Å². The number of halogens is 2. The van der Waals surface area contributed by atoms with Crippen LogP contribution in [0, 0.1) is 6.92 Å². The third-order valence-electron chi connectivity index (χ3n) is 5.46. The summed E-state index contributed by atoms with van der Waals surface area (Å²) in [5.41, 5.74) is 0.803. The van der Waals surface area contributed by atoms with E-state index in [2.05, 4.69) is 15.5 Å². The first kappa shape index (κ1) is 25.0.